The van der Waals surface area contributed by atoms with Gasteiger partial charge in [0.05, 0.1) is 12.6 Å². The second-order valence-corrected chi connectivity index (χ2v) is 7.44. The van der Waals surface area contributed by atoms with Crippen LogP contribution in [0.1, 0.15) is 30.3 Å². The van der Waals surface area contributed by atoms with Crippen LogP contribution in [0, 0.1) is 0 Å². The Morgan fingerprint density at radius 1 is 1.57 bits per heavy atom. The molecule has 7 nitrogen and oxygen atoms in total. The second kappa shape index (κ2) is 7.50. The maximum absolute atomic E-state index is 12.3. The van der Waals surface area contributed by atoms with Crippen LogP contribution < -0.4 is 10.0 Å². The van der Waals surface area contributed by atoms with Crippen LogP contribution in [0.3, 0.4) is 0 Å². The van der Waals surface area contributed by atoms with E-state index in [9.17, 15) is 13.2 Å². The lowest BCUT2D eigenvalue weighted by Gasteiger charge is -2.28. The number of ether oxygens (including phenoxy) is 1. The Morgan fingerprint density at radius 3 is 2.90 bits per heavy atom. The standard InChI is InChI=1S/C11H17N3O4S2.ClH/c1-7-5-8(3-4-12-7)14-20(16,17)11-9(10(15)18-2)13-6-19-11;/h6-8,12,14H,3-5H2,1-2H3;1H. The summed E-state index contributed by atoms with van der Waals surface area (Å²) in [5.74, 6) is -0.745. The van der Waals surface area contributed by atoms with Gasteiger partial charge in [0.25, 0.3) is 10.0 Å². The topological polar surface area (TPSA) is 97.4 Å². The number of nitrogens with one attached hydrogen (secondary N) is 2. The summed E-state index contributed by atoms with van der Waals surface area (Å²) in [7, 11) is -2.55. The number of thiazole rings is 1. The van der Waals surface area contributed by atoms with E-state index in [1.165, 1.54) is 12.6 Å². The fraction of sp³-hybridized carbons (Fsp3) is 0.636. The maximum Gasteiger partial charge on any atom is 0.358 e. The SMILES string of the molecule is COC(=O)c1ncsc1S(=O)(=O)NC1CCNC(C)C1.Cl. The van der Waals surface area contributed by atoms with Crippen molar-refractivity contribution in [3.05, 3.63) is 11.2 Å². The highest BCUT2D eigenvalue weighted by Gasteiger charge is 2.30. The summed E-state index contributed by atoms with van der Waals surface area (Å²) >= 11 is 0.912. The van der Waals surface area contributed by atoms with Crippen LogP contribution in [0.15, 0.2) is 9.72 Å². The van der Waals surface area contributed by atoms with Crippen LogP contribution in [0.2, 0.25) is 0 Å². The van der Waals surface area contributed by atoms with Gasteiger partial charge in [-0.05, 0) is 26.3 Å². The van der Waals surface area contributed by atoms with E-state index < -0.39 is 16.0 Å². The molecule has 2 rings (SSSR count). The van der Waals surface area contributed by atoms with E-state index in [0.717, 1.165) is 24.3 Å². The number of rotatable bonds is 4. The summed E-state index contributed by atoms with van der Waals surface area (Å²) < 4.78 is 31.8. The van der Waals surface area contributed by atoms with E-state index in [0.29, 0.717) is 6.42 Å². The highest BCUT2D eigenvalue weighted by Crippen LogP contribution is 2.22. The Morgan fingerprint density at radius 2 is 2.29 bits per heavy atom. The van der Waals surface area contributed by atoms with Gasteiger partial charge >= 0.3 is 5.97 Å². The number of piperidine rings is 1. The molecule has 0 aromatic carbocycles. The number of esters is 1. The molecule has 0 aliphatic carbocycles. The van der Waals surface area contributed by atoms with Gasteiger partial charge in [0, 0.05) is 12.1 Å². The zero-order valence-corrected chi connectivity index (χ0v) is 14.1. The highest BCUT2D eigenvalue weighted by atomic mass is 35.5. The molecule has 1 saturated heterocycles. The first kappa shape index (κ1) is 18.3. The summed E-state index contributed by atoms with van der Waals surface area (Å²) in [6.07, 6.45) is 1.43. The fourth-order valence-electron chi connectivity index (χ4n) is 2.17. The van der Waals surface area contributed by atoms with Crippen molar-refractivity contribution in [1.29, 1.82) is 0 Å². The number of hydrogen-bond acceptors (Lipinski definition) is 7. The molecular weight excluding hydrogens is 338 g/mol. The summed E-state index contributed by atoms with van der Waals surface area (Å²) in [5.41, 5.74) is 1.17. The summed E-state index contributed by atoms with van der Waals surface area (Å²) in [4.78, 5) is 15.3. The average molecular weight is 356 g/mol. The first-order valence-corrected chi connectivity index (χ1v) is 8.58. The predicted octanol–water partition coefficient (Wildman–Crippen LogP) is 0.770. The largest absolute Gasteiger partial charge is 0.464 e. The lowest BCUT2D eigenvalue weighted by atomic mass is 10.0. The van der Waals surface area contributed by atoms with E-state index in [4.69, 9.17) is 0 Å². The molecule has 1 aliphatic rings. The molecule has 2 N–H and O–H groups in total. The van der Waals surface area contributed by atoms with Gasteiger partial charge in [-0.25, -0.2) is 22.9 Å². The van der Waals surface area contributed by atoms with E-state index in [1.54, 1.807) is 0 Å². The first-order chi connectivity index (χ1) is 9.44. The smallest absolute Gasteiger partial charge is 0.358 e. The van der Waals surface area contributed by atoms with Gasteiger partial charge in [0.2, 0.25) is 0 Å². The number of nitrogens with zero attached hydrogens (tertiary/aromatic N) is 1. The minimum absolute atomic E-state index is 0. The van der Waals surface area contributed by atoms with Crippen molar-refractivity contribution in [1.82, 2.24) is 15.0 Å². The molecule has 0 radical (unpaired) electrons. The molecule has 2 heterocycles. The van der Waals surface area contributed by atoms with Gasteiger partial charge in [0.1, 0.15) is 0 Å². The molecule has 0 saturated carbocycles. The Hall–Kier alpha value is -0.740. The van der Waals surface area contributed by atoms with Crippen molar-refractivity contribution in [2.45, 2.75) is 36.1 Å². The minimum atomic E-state index is -3.75. The molecule has 2 unspecified atom stereocenters. The van der Waals surface area contributed by atoms with Gasteiger partial charge in [-0.15, -0.1) is 23.7 Å². The molecule has 0 bridgehead atoms. The summed E-state index contributed by atoms with van der Waals surface area (Å²) in [6.45, 7) is 2.77. The summed E-state index contributed by atoms with van der Waals surface area (Å²) in [6, 6.07) is 0.127. The third kappa shape index (κ3) is 4.36. The lowest BCUT2D eigenvalue weighted by molar-refractivity contribution is 0.0590. The van der Waals surface area contributed by atoms with E-state index in [-0.39, 0.29) is 34.4 Å². The van der Waals surface area contributed by atoms with Gasteiger partial charge in [-0.3, -0.25) is 0 Å². The molecule has 1 aromatic heterocycles. The molecule has 1 fully saturated rings. The van der Waals surface area contributed by atoms with Crippen molar-refractivity contribution in [2.75, 3.05) is 13.7 Å². The van der Waals surface area contributed by atoms with Crippen LogP contribution in [0.5, 0.6) is 0 Å². The maximum atomic E-state index is 12.3. The fourth-order valence-corrected chi connectivity index (χ4v) is 4.60. The second-order valence-electron chi connectivity index (χ2n) is 4.68. The normalized spacial score (nSPS) is 22.4. The number of aromatic nitrogens is 1. The quantitative estimate of drug-likeness (QED) is 0.774. The number of methoxy groups -OCH3 is 1. The average Bonchev–Trinajstić information content (AvgIpc) is 2.87. The third-order valence-corrected chi connectivity index (χ3v) is 5.99. The Balaban J connectivity index is 0.00000220. The monoisotopic (exact) mass is 355 g/mol. The zero-order chi connectivity index (χ0) is 14.8. The van der Waals surface area contributed by atoms with Crippen LogP contribution in [0.4, 0.5) is 0 Å². The molecular formula is C11H18ClN3O4S2. The molecule has 1 aliphatic heterocycles. The van der Waals surface area contributed by atoms with E-state index in [2.05, 4.69) is 19.8 Å². The number of carbonyl (C=O) groups is 1. The van der Waals surface area contributed by atoms with Crippen molar-refractivity contribution < 1.29 is 17.9 Å². The van der Waals surface area contributed by atoms with Gasteiger partial charge < -0.3 is 10.1 Å². The van der Waals surface area contributed by atoms with Crippen molar-refractivity contribution in [2.24, 2.45) is 0 Å². The summed E-state index contributed by atoms with van der Waals surface area (Å²) in [5, 5.41) is 3.25. The number of halogens is 1. The number of carbonyl (C=O) groups excluding carboxylic acids is 1. The number of sulfonamides is 1. The predicted molar refractivity (Wildman–Crippen MR) is 81.5 cm³/mol. The molecule has 1 aromatic rings. The third-order valence-electron chi connectivity index (χ3n) is 3.10. The van der Waals surface area contributed by atoms with Crippen molar-refractivity contribution >= 4 is 39.7 Å². The van der Waals surface area contributed by atoms with E-state index >= 15 is 0 Å². The van der Waals surface area contributed by atoms with Gasteiger partial charge in [-0.2, -0.15) is 0 Å². The van der Waals surface area contributed by atoms with Gasteiger partial charge in [-0.1, -0.05) is 0 Å². The molecule has 120 valence electrons. The van der Waals surface area contributed by atoms with E-state index in [1.807, 2.05) is 6.92 Å². The van der Waals surface area contributed by atoms with Crippen LogP contribution >= 0.6 is 23.7 Å². The minimum Gasteiger partial charge on any atom is -0.464 e. The highest BCUT2D eigenvalue weighted by molar-refractivity contribution is 7.91. The van der Waals surface area contributed by atoms with Crippen molar-refractivity contribution in [3.8, 4) is 0 Å². The number of hydrogen-bond donors (Lipinski definition) is 2. The Labute approximate surface area is 133 Å². The Kier molecular flexibility index (Phi) is 6.54. The molecule has 2 atom stereocenters. The molecule has 0 amide bonds. The lowest BCUT2D eigenvalue weighted by Crippen LogP contribution is -2.46. The van der Waals surface area contributed by atoms with Crippen LogP contribution in [0.25, 0.3) is 0 Å². The van der Waals surface area contributed by atoms with Crippen molar-refractivity contribution in [3.63, 3.8) is 0 Å². The van der Waals surface area contributed by atoms with Crippen LogP contribution in [-0.4, -0.2) is 45.1 Å². The molecule has 21 heavy (non-hydrogen) atoms. The molecule has 10 heteroatoms. The van der Waals surface area contributed by atoms with Crippen LogP contribution in [-0.2, 0) is 14.8 Å². The first-order valence-electron chi connectivity index (χ1n) is 6.21. The molecule has 0 spiro atoms. The Bertz CT molecular complexity index is 590. The van der Waals surface area contributed by atoms with Gasteiger partial charge in [0.15, 0.2) is 9.90 Å². The zero-order valence-electron chi connectivity index (χ0n) is 11.7.